The Labute approximate surface area is 168 Å². The van der Waals surface area contributed by atoms with Crippen LogP contribution in [-0.4, -0.2) is 44.8 Å². The summed E-state index contributed by atoms with van der Waals surface area (Å²) in [6.45, 7) is 0. The number of rotatable bonds is 4. The van der Waals surface area contributed by atoms with Crippen molar-refractivity contribution in [3.8, 4) is 28.1 Å². The normalized spacial score (nSPS) is 25.9. The fourth-order valence-electron chi connectivity index (χ4n) is 4.94. The molecule has 6 nitrogen and oxygen atoms in total. The Bertz CT molecular complexity index is 991. The molecule has 4 atom stereocenters. The van der Waals surface area contributed by atoms with E-state index >= 15 is 0 Å². The van der Waals surface area contributed by atoms with E-state index in [1.165, 1.54) is 0 Å². The molecule has 1 aromatic carbocycles. The topological polar surface area (TPSA) is 77.9 Å². The van der Waals surface area contributed by atoms with E-state index in [0.717, 1.165) is 36.8 Å². The third kappa shape index (κ3) is 3.24. The van der Waals surface area contributed by atoms with Crippen molar-refractivity contribution in [2.75, 3.05) is 11.9 Å². The van der Waals surface area contributed by atoms with Crippen molar-refractivity contribution in [2.24, 2.45) is 11.8 Å². The molecule has 0 radical (unpaired) electrons. The number of nitrogens with one attached hydrogen (secondary N) is 1. The summed E-state index contributed by atoms with van der Waals surface area (Å²) in [5.41, 5.74) is 2.96. The second-order valence-electron chi connectivity index (χ2n) is 8.29. The predicted molar refractivity (Wildman–Crippen MR) is 109 cm³/mol. The number of nitrogens with zero attached hydrogens (tertiary/aromatic N) is 4. The van der Waals surface area contributed by atoms with Crippen LogP contribution in [0.2, 0.25) is 0 Å². The lowest BCUT2D eigenvalue weighted by Gasteiger charge is -2.38. The van der Waals surface area contributed by atoms with E-state index < -0.39 is 6.17 Å². The van der Waals surface area contributed by atoms with Gasteiger partial charge in [0.15, 0.2) is 5.82 Å². The average Bonchev–Trinajstić information content (AvgIpc) is 3.41. The van der Waals surface area contributed by atoms with Gasteiger partial charge in [0.1, 0.15) is 11.9 Å². The van der Waals surface area contributed by atoms with Gasteiger partial charge in [-0.2, -0.15) is 5.10 Å². The number of benzene rings is 1. The fourth-order valence-corrected chi connectivity index (χ4v) is 4.94. The van der Waals surface area contributed by atoms with E-state index in [0.29, 0.717) is 23.0 Å². The standard InChI is InChI=1S/C22H24FN5O/c1-28(19-9-13-2-3-15(8-13)22(19)23)21-7-6-18(26-27-21)17-5-4-14(10-20(17)29)16-11-24-25-12-16/h4-7,10-13,15,19,22,29H,2-3,8-9H2,1H3,(H,24,25)/t13-,15+,19+,22-/m0/s1. The number of alkyl halides is 1. The maximum absolute atomic E-state index is 14.9. The zero-order valence-corrected chi connectivity index (χ0v) is 16.3. The van der Waals surface area contributed by atoms with Gasteiger partial charge in [-0.15, -0.1) is 10.2 Å². The van der Waals surface area contributed by atoms with Gasteiger partial charge in [0, 0.05) is 24.4 Å². The molecule has 0 amide bonds. The van der Waals surface area contributed by atoms with Crippen molar-refractivity contribution in [3.63, 3.8) is 0 Å². The van der Waals surface area contributed by atoms with E-state index in [1.54, 1.807) is 18.5 Å². The lowest BCUT2D eigenvalue weighted by Crippen LogP contribution is -2.46. The van der Waals surface area contributed by atoms with E-state index in [9.17, 15) is 9.50 Å². The van der Waals surface area contributed by atoms with Crippen LogP contribution < -0.4 is 4.90 Å². The minimum Gasteiger partial charge on any atom is -0.507 e. The molecule has 0 spiro atoms. The highest BCUT2D eigenvalue weighted by Crippen LogP contribution is 2.45. The number of hydrogen-bond donors (Lipinski definition) is 2. The highest BCUT2D eigenvalue weighted by molar-refractivity contribution is 5.73. The predicted octanol–water partition coefficient (Wildman–Crippen LogP) is 4.20. The summed E-state index contributed by atoms with van der Waals surface area (Å²) in [5.74, 6) is 1.63. The van der Waals surface area contributed by atoms with Crippen LogP contribution in [0.1, 0.15) is 25.7 Å². The minimum absolute atomic E-state index is 0.131. The van der Waals surface area contributed by atoms with Crippen LogP contribution >= 0.6 is 0 Å². The highest BCUT2D eigenvalue weighted by Gasteiger charge is 2.44. The van der Waals surface area contributed by atoms with Crippen LogP contribution in [0.15, 0.2) is 42.7 Å². The van der Waals surface area contributed by atoms with Crippen LogP contribution in [0.3, 0.4) is 0 Å². The van der Waals surface area contributed by atoms with Crippen LogP contribution in [0.4, 0.5) is 10.2 Å². The summed E-state index contributed by atoms with van der Waals surface area (Å²) in [4.78, 5) is 1.94. The van der Waals surface area contributed by atoms with Gasteiger partial charge in [-0.05, 0) is 67.3 Å². The Kier molecular flexibility index (Phi) is 4.45. The van der Waals surface area contributed by atoms with Gasteiger partial charge in [-0.1, -0.05) is 6.07 Å². The molecule has 2 aromatic heterocycles. The van der Waals surface area contributed by atoms with Crippen molar-refractivity contribution < 1.29 is 9.50 Å². The number of hydrogen-bond acceptors (Lipinski definition) is 5. The Morgan fingerprint density at radius 2 is 2.00 bits per heavy atom. The molecular formula is C22H24FN5O. The fraction of sp³-hybridized carbons (Fsp3) is 0.409. The minimum atomic E-state index is -0.806. The quantitative estimate of drug-likeness (QED) is 0.695. The second-order valence-corrected chi connectivity index (χ2v) is 8.29. The molecule has 150 valence electrons. The maximum atomic E-state index is 14.9. The first-order chi connectivity index (χ1) is 14.1. The highest BCUT2D eigenvalue weighted by atomic mass is 19.1. The van der Waals surface area contributed by atoms with Gasteiger partial charge >= 0.3 is 0 Å². The Balaban J connectivity index is 1.36. The van der Waals surface area contributed by atoms with Crippen molar-refractivity contribution in [3.05, 3.63) is 42.7 Å². The number of halogens is 1. The van der Waals surface area contributed by atoms with Crippen molar-refractivity contribution >= 4 is 5.82 Å². The lowest BCUT2D eigenvalue weighted by molar-refractivity contribution is 0.144. The summed E-state index contributed by atoms with van der Waals surface area (Å²) in [7, 11) is 1.91. The summed E-state index contributed by atoms with van der Waals surface area (Å²) in [6, 6.07) is 8.97. The number of fused-ring (bicyclic) bond motifs is 2. The molecule has 0 aliphatic heterocycles. The lowest BCUT2D eigenvalue weighted by atomic mass is 9.83. The third-order valence-corrected chi connectivity index (χ3v) is 6.59. The van der Waals surface area contributed by atoms with Gasteiger partial charge in [0.05, 0.1) is 17.9 Å². The monoisotopic (exact) mass is 393 g/mol. The Morgan fingerprint density at radius 3 is 2.72 bits per heavy atom. The molecule has 2 bridgehead atoms. The molecule has 3 aromatic rings. The van der Waals surface area contributed by atoms with E-state index in [1.807, 2.05) is 36.2 Å². The van der Waals surface area contributed by atoms with Crippen LogP contribution in [0.25, 0.3) is 22.4 Å². The molecule has 2 saturated carbocycles. The molecule has 0 saturated heterocycles. The van der Waals surface area contributed by atoms with E-state index in [4.69, 9.17) is 0 Å². The first kappa shape index (κ1) is 18.1. The molecular weight excluding hydrogens is 369 g/mol. The molecule has 2 heterocycles. The Hall–Kier alpha value is -2.96. The molecule has 2 N–H and O–H groups in total. The van der Waals surface area contributed by atoms with Gasteiger partial charge in [-0.3, -0.25) is 5.10 Å². The van der Waals surface area contributed by atoms with Crippen molar-refractivity contribution in [1.82, 2.24) is 20.4 Å². The van der Waals surface area contributed by atoms with Gasteiger partial charge < -0.3 is 10.0 Å². The number of phenols is 1. The molecule has 5 rings (SSSR count). The smallest absolute Gasteiger partial charge is 0.151 e. The largest absolute Gasteiger partial charge is 0.507 e. The Morgan fingerprint density at radius 1 is 1.10 bits per heavy atom. The average molecular weight is 393 g/mol. The third-order valence-electron chi connectivity index (χ3n) is 6.59. The molecule has 2 fully saturated rings. The maximum Gasteiger partial charge on any atom is 0.151 e. The van der Waals surface area contributed by atoms with Crippen LogP contribution in [-0.2, 0) is 0 Å². The second kappa shape index (κ2) is 7.13. The number of anilines is 1. The van der Waals surface area contributed by atoms with E-state index in [-0.39, 0.29) is 17.7 Å². The number of H-pyrrole nitrogens is 1. The first-order valence-electron chi connectivity index (χ1n) is 10.1. The molecule has 7 heteroatoms. The number of aromatic amines is 1. The zero-order chi connectivity index (χ0) is 20.0. The molecule has 0 unspecified atom stereocenters. The van der Waals surface area contributed by atoms with Gasteiger partial charge in [-0.25, -0.2) is 4.39 Å². The molecule has 29 heavy (non-hydrogen) atoms. The summed E-state index contributed by atoms with van der Waals surface area (Å²) in [6.07, 6.45) is 6.74. The SMILES string of the molecule is CN(c1ccc(-c2ccc(-c3cn[nH]c3)cc2O)nn1)[C@@H]1C[C@H]2CC[C@H](C2)[C@@H]1F. The summed E-state index contributed by atoms with van der Waals surface area (Å²) < 4.78 is 14.9. The number of aromatic nitrogens is 4. The number of aromatic hydroxyl groups is 1. The van der Waals surface area contributed by atoms with Crippen LogP contribution in [0, 0.1) is 11.8 Å². The van der Waals surface area contributed by atoms with Crippen molar-refractivity contribution in [2.45, 2.75) is 37.9 Å². The molecule has 2 aliphatic carbocycles. The number of phenolic OH excluding ortho intramolecular Hbond substituents is 1. The van der Waals surface area contributed by atoms with E-state index in [2.05, 4.69) is 20.4 Å². The van der Waals surface area contributed by atoms with Gasteiger partial charge in [0.2, 0.25) is 0 Å². The van der Waals surface area contributed by atoms with Crippen LogP contribution in [0.5, 0.6) is 5.75 Å². The van der Waals surface area contributed by atoms with Gasteiger partial charge in [0.25, 0.3) is 0 Å². The zero-order valence-electron chi connectivity index (χ0n) is 16.3. The summed E-state index contributed by atoms with van der Waals surface area (Å²) >= 11 is 0. The van der Waals surface area contributed by atoms with Crippen molar-refractivity contribution in [1.29, 1.82) is 0 Å². The summed E-state index contributed by atoms with van der Waals surface area (Å²) in [5, 5.41) is 25.8. The first-order valence-corrected chi connectivity index (χ1v) is 10.1. The molecule has 2 aliphatic rings.